The van der Waals surface area contributed by atoms with E-state index in [1.165, 1.54) is 12.8 Å². The van der Waals surface area contributed by atoms with Crippen LogP contribution >= 0.6 is 23.2 Å². The Labute approximate surface area is 124 Å². The number of hydrogen-bond acceptors (Lipinski definition) is 1. The monoisotopic (exact) mass is 299 g/mol. The molecule has 104 valence electrons. The Kier molecular flexibility index (Phi) is 4.94. The van der Waals surface area contributed by atoms with Crippen LogP contribution in [-0.2, 0) is 0 Å². The lowest BCUT2D eigenvalue weighted by Crippen LogP contribution is -2.39. The molecule has 1 saturated carbocycles. The number of aliphatic imine (C=N–C) groups is 1. The van der Waals surface area contributed by atoms with Crippen LogP contribution < -0.4 is 10.6 Å². The molecule has 2 rings (SSSR count). The molecule has 1 aromatic rings. The minimum atomic E-state index is 0.0789. The predicted molar refractivity (Wildman–Crippen MR) is 82.1 cm³/mol. The Bertz CT molecular complexity index is 470. The Morgan fingerprint density at radius 3 is 2.74 bits per heavy atom. The first-order chi connectivity index (χ1) is 9.10. The van der Waals surface area contributed by atoms with Gasteiger partial charge in [0.15, 0.2) is 5.96 Å². The molecule has 1 unspecified atom stereocenters. The van der Waals surface area contributed by atoms with Crippen LogP contribution in [0.4, 0.5) is 0 Å². The van der Waals surface area contributed by atoms with Crippen molar-refractivity contribution in [2.75, 3.05) is 13.6 Å². The molecule has 0 spiro atoms. The van der Waals surface area contributed by atoms with Crippen molar-refractivity contribution in [2.45, 2.75) is 25.8 Å². The zero-order chi connectivity index (χ0) is 13.8. The van der Waals surface area contributed by atoms with Gasteiger partial charge in [0.2, 0.25) is 0 Å². The van der Waals surface area contributed by atoms with Crippen molar-refractivity contribution in [2.24, 2.45) is 10.9 Å². The van der Waals surface area contributed by atoms with Crippen LogP contribution in [0.2, 0.25) is 10.0 Å². The molecule has 0 amide bonds. The summed E-state index contributed by atoms with van der Waals surface area (Å²) >= 11 is 12.1. The zero-order valence-electron chi connectivity index (χ0n) is 11.2. The molecule has 3 nitrogen and oxygen atoms in total. The molecule has 0 aromatic heterocycles. The van der Waals surface area contributed by atoms with Crippen molar-refractivity contribution in [1.29, 1.82) is 0 Å². The summed E-state index contributed by atoms with van der Waals surface area (Å²) in [5, 5.41) is 7.99. The smallest absolute Gasteiger partial charge is 0.191 e. The molecule has 1 fully saturated rings. The third-order valence-corrected chi connectivity index (χ3v) is 3.82. The van der Waals surface area contributed by atoms with E-state index in [9.17, 15) is 0 Å². The van der Waals surface area contributed by atoms with Crippen molar-refractivity contribution in [1.82, 2.24) is 10.6 Å². The van der Waals surface area contributed by atoms with Crippen LogP contribution in [0, 0.1) is 5.92 Å². The quantitative estimate of drug-likeness (QED) is 0.658. The van der Waals surface area contributed by atoms with Crippen LogP contribution in [0.3, 0.4) is 0 Å². The van der Waals surface area contributed by atoms with E-state index in [2.05, 4.69) is 22.5 Å². The predicted octanol–water partition coefficient (Wildman–Crippen LogP) is 3.63. The highest BCUT2D eigenvalue weighted by Crippen LogP contribution is 2.28. The second-order valence-electron chi connectivity index (χ2n) is 4.93. The fraction of sp³-hybridized carbons (Fsp3) is 0.500. The van der Waals surface area contributed by atoms with Gasteiger partial charge in [0.25, 0.3) is 0 Å². The van der Waals surface area contributed by atoms with Crippen molar-refractivity contribution in [3.63, 3.8) is 0 Å². The van der Waals surface area contributed by atoms with Gasteiger partial charge < -0.3 is 10.6 Å². The van der Waals surface area contributed by atoms with Gasteiger partial charge in [-0.3, -0.25) is 4.99 Å². The van der Waals surface area contributed by atoms with Crippen LogP contribution in [0.1, 0.15) is 31.4 Å². The molecule has 2 N–H and O–H groups in total. The number of nitrogens with zero attached hydrogens (tertiary/aromatic N) is 1. The molecule has 0 heterocycles. The summed E-state index contributed by atoms with van der Waals surface area (Å²) in [7, 11) is 1.78. The Morgan fingerprint density at radius 1 is 1.42 bits per heavy atom. The van der Waals surface area contributed by atoms with Gasteiger partial charge >= 0.3 is 0 Å². The fourth-order valence-electron chi connectivity index (χ4n) is 1.89. The summed E-state index contributed by atoms with van der Waals surface area (Å²) in [6.07, 6.45) is 2.64. The third kappa shape index (κ3) is 4.29. The summed E-state index contributed by atoms with van der Waals surface area (Å²) in [4.78, 5) is 4.23. The molecule has 1 aliphatic rings. The largest absolute Gasteiger partial charge is 0.356 e. The second kappa shape index (κ2) is 6.49. The molecule has 1 aliphatic carbocycles. The van der Waals surface area contributed by atoms with E-state index in [1.807, 2.05) is 12.1 Å². The zero-order valence-corrected chi connectivity index (χ0v) is 12.7. The molecule has 19 heavy (non-hydrogen) atoms. The van der Waals surface area contributed by atoms with Gasteiger partial charge in [0.1, 0.15) is 0 Å². The molecule has 5 heteroatoms. The topological polar surface area (TPSA) is 36.4 Å². The summed E-state index contributed by atoms with van der Waals surface area (Å²) < 4.78 is 0. The van der Waals surface area contributed by atoms with E-state index in [0.29, 0.717) is 10.0 Å². The number of hydrogen-bond donors (Lipinski definition) is 2. The van der Waals surface area contributed by atoms with Crippen molar-refractivity contribution in [3.05, 3.63) is 33.8 Å². The first-order valence-corrected chi connectivity index (χ1v) is 7.28. The maximum atomic E-state index is 6.20. The molecule has 1 atom stereocenters. The van der Waals surface area contributed by atoms with Gasteiger partial charge in [-0.05, 0) is 43.4 Å². The second-order valence-corrected chi connectivity index (χ2v) is 5.77. The van der Waals surface area contributed by atoms with Gasteiger partial charge in [-0.2, -0.15) is 0 Å². The Balaban J connectivity index is 1.95. The molecule has 0 aliphatic heterocycles. The van der Waals surface area contributed by atoms with Crippen LogP contribution in [0.25, 0.3) is 0 Å². The summed E-state index contributed by atoms with van der Waals surface area (Å²) in [6.45, 7) is 3.04. The lowest BCUT2D eigenvalue weighted by atomic mass is 10.1. The highest BCUT2D eigenvalue weighted by molar-refractivity contribution is 6.35. The van der Waals surface area contributed by atoms with E-state index in [1.54, 1.807) is 13.1 Å². The van der Waals surface area contributed by atoms with Gasteiger partial charge in [0.05, 0.1) is 6.04 Å². The van der Waals surface area contributed by atoms with E-state index in [4.69, 9.17) is 23.2 Å². The lowest BCUT2D eigenvalue weighted by Gasteiger charge is -2.19. The Hall–Kier alpha value is -0.930. The van der Waals surface area contributed by atoms with Gasteiger partial charge in [-0.15, -0.1) is 0 Å². The van der Waals surface area contributed by atoms with E-state index in [0.717, 1.165) is 24.0 Å². The highest BCUT2D eigenvalue weighted by Gasteiger charge is 2.21. The number of benzene rings is 1. The standard InChI is InChI=1S/C14H19Cl2N3/c1-9(12-6-5-11(15)7-13(12)16)19-14(17-2)18-8-10-3-4-10/h5-7,9-10H,3-4,8H2,1-2H3,(H2,17,18,19). The van der Waals surface area contributed by atoms with Gasteiger partial charge in [-0.1, -0.05) is 29.3 Å². The first kappa shape index (κ1) is 14.5. The van der Waals surface area contributed by atoms with Gasteiger partial charge in [0, 0.05) is 23.6 Å². The molecule has 0 radical (unpaired) electrons. The average Bonchev–Trinajstić information content (AvgIpc) is 3.18. The van der Waals surface area contributed by atoms with Crippen molar-refractivity contribution in [3.8, 4) is 0 Å². The average molecular weight is 300 g/mol. The molecular weight excluding hydrogens is 281 g/mol. The number of guanidine groups is 1. The minimum absolute atomic E-state index is 0.0789. The van der Waals surface area contributed by atoms with E-state index in [-0.39, 0.29) is 6.04 Å². The third-order valence-electron chi connectivity index (χ3n) is 3.26. The summed E-state index contributed by atoms with van der Waals surface area (Å²) in [5.41, 5.74) is 1.01. The van der Waals surface area contributed by atoms with E-state index >= 15 is 0 Å². The number of halogens is 2. The fourth-order valence-corrected chi connectivity index (χ4v) is 2.47. The maximum absolute atomic E-state index is 6.20. The minimum Gasteiger partial charge on any atom is -0.356 e. The van der Waals surface area contributed by atoms with Crippen LogP contribution in [-0.4, -0.2) is 19.6 Å². The van der Waals surface area contributed by atoms with Crippen LogP contribution in [0.5, 0.6) is 0 Å². The summed E-state index contributed by atoms with van der Waals surface area (Å²) in [5.74, 6) is 1.62. The van der Waals surface area contributed by atoms with Crippen molar-refractivity contribution < 1.29 is 0 Å². The number of nitrogens with one attached hydrogen (secondary N) is 2. The Morgan fingerprint density at radius 2 is 2.16 bits per heavy atom. The van der Waals surface area contributed by atoms with Gasteiger partial charge in [-0.25, -0.2) is 0 Å². The van der Waals surface area contributed by atoms with Crippen LogP contribution in [0.15, 0.2) is 23.2 Å². The highest BCUT2D eigenvalue weighted by atomic mass is 35.5. The normalized spacial score (nSPS) is 17.2. The molecule has 1 aromatic carbocycles. The number of rotatable bonds is 4. The molecular formula is C14H19Cl2N3. The van der Waals surface area contributed by atoms with Crippen molar-refractivity contribution >= 4 is 29.2 Å². The summed E-state index contributed by atoms with van der Waals surface area (Å²) in [6, 6.07) is 5.63. The maximum Gasteiger partial charge on any atom is 0.191 e. The molecule has 0 bridgehead atoms. The van der Waals surface area contributed by atoms with E-state index < -0.39 is 0 Å². The first-order valence-electron chi connectivity index (χ1n) is 6.52. The lowest BCUT2D eigenvalue weighted by molar-refractivity contribution is 0.671. The molecule has 0 saturated heterocycles. The SMILES string of the molecule is CN=C(NCC1CC1)NC(C)c1ccc(Cl)cc1Cl.